The molecule has 1 heterocycles. The molecule has 0 aliphatic heterocycles. The van der Waals surface area contributed by atoms with Crippen LogP contribution in [0.1, 0.15) is 5.76 Å². The van der Waals surface area contributed by atoms with E-state index in [9.17, 15) is 4.79 Å². The molecule has 0 spiro atoms. The van der Waals surface area contributed by atoms with Gasteiger partial charge in [-0.2, -0.15) is 0 Å². The van der Waals surface area contributed by atoms with E-state index in [0.29, 0.717) is 42.9 Å². The lowest BCUT2D eigenvalue weighted by molar-refractivity contribution is -0.111. The third-order valence-corrected chi connectivity index (χ3v) is 4.63. The zero-order valence-corrected chi connectivity index (χ0v) is 16.1. The Morgan fingerprint density at radius 2 is 1.69 bits per heavy atom. The Bertz CT molecular complexity index is 975. The zero-order valence-electron chi connectivity index (χ0n) is 13.1. The summed E-state index contributed by atoms with van der Waals surface area (Å²) in [7, 11) is 0. The van der Waals surface area contributed by atoms with Crippen LogP contribution in [0, 0.1) is 0 Å². The van der Waals surface area contributed by atoms with Gasteiger partial charge in [-0.25, -0.2) is 0 Å². The van der Waals surface area contributed by atoms with E-state index in [2.05, 4.69) is 5.32 Å². The molecule has 1 aromatic heterocycles. The highest BCUT2D eigenvalue weighted by molar-refractivity contribution is 6.43. The van der Waals surface area contributed by atoms with Crippen LogP contribution < -0.4 is 5.32 Å². The van der Waals surface area contributed by atoms with Gasteiger partial charge in [0.2, 0.25) is 5.91 Å². The van der Waals surface area contributed by atoms with Crippen molar-refractivity contribution < 1.29 is 9.21 Å². The summed E-state index contributed by atoms with van der Waals surface area (Å²) in [5.74, 6) is 0.705. The molecule has 7 heteroatoms. The Labute approximate surface area is 170 Å². The van der Waals surface area contributed by atoms with E-state index in [4.69, 9.17) is 50.8 Å². The average Bonchev–Trinajstić information content (AvgIpc) is 3.03. The number of halogens is 4. The van der Waals surface area contributed by atoms with Crippen LogP contribution in [0.25, 0.3) is 17.4 Å². The van der Waals surface area contributed by atoms with Crippen LogP contribution in [0.5, 0.6) is 0 Å². The summed E-state index contributed by atoms with van der Waals surface area (Å²) in [6.07, 6.45) is 2.89. The Morgan fingerprint density at radius 3 is 2.42 bits per heavy atom. The molecule has 0 atom stereocenters. The predicted octanol–water partition coefficient (Wildman–Crippen LogP) is 7.21. The molecule has 0 aliphatic carbocycles. The predicted molar refractivity (Wildman–Crippen MR) is 108 cm³/mol. The van der Waals surface area contributed by atoms with Crippen LogP contribution >= 0.6 is 46.4 Å². The number of rotatable bonds is 4. The van der Waals surface area contributed by atoms with Gasteiger partial charge in [0.15, 0.2) is 0 Å². The van der Waals surface area contributed by atoms with Crippen molar-refractivity contribution in [2.75, 3.05) is 5.32 Å². The molecule has 0 fully saturated rings. The van der Waals surface area contributed by atoms with Crippen molar-refractivity contribution in [1.29, 1.82) is 0 Å². The molecule has 132 valence electrons. The van der Waals surface area contributed by atoms with Crippen molar-refractivity contribution in [2.45, 2.75) is 0 Å². The molecule has 1 N–H and O–H groups in total. The van der Waals surface area contributed by atoms with Crippen LogP contribution in [-0.4, -0.2) is 5.91 Å². The van der Waals surface area contributed by atoms with Gasteiger partial charge >= 0.3 is 0 Å². The topological polar surface area (TPSA) is 42.2 Å². The maximum Gasteiger partial charge on any atom is 0.248 e. The van der Waals surface area contributed by atoms with Gasteiger partial charge in [0.05, 0.1) is 10.0 Å². The van der Waals surface area contributed by atoms with Gasteiger partial charge in [-0.1, -0.05) is 52.5 Å². The second-order valence-corrected chi connectivity index (χ2v) is 6.94. The monoisotopic (exact) mass is 425 g/mol. The molecule has 3 nitrogen and oxygen atoms in total. The normalized spacial score (nSPS) is 11.1. The number of hydrogen-bond donors (Lipinski definition) is 1. The van der Waals surface area contributed by atoms with E-state index in [1.54, 1.807) is 54.6 Å². The lowest BCUT2D eigenvalue weighted by Crippen LogP contribution is -2.07. The fraction of sp³-hybridized carbons (Fsp3) is 0. The quantitative estimate of drug-likeness (QED) is 0.447. The Kier molecular flexibility index (Phi) is 5.94. The minimum Gasteiger partial charge on any atom is -0.457 e. The summed E-state index contributed by atoms with van der Waals surface area (Å²) >= 11 is 24.0. The minimum atomic E-state index is -0.345. The number of benzene rings is 2. The van der Waals surface area contributed by atoms with Crippen molar-refractivity contribution in [3.63, 3.8) is 0 Å². The number of furan rings is 1. The van der Waals surface area contributed by atoms with E-state index >= 15 is 0 Å². The number of hydrogen-bond acceptors (Lipinski definition) is 2. The van der Waals surface area contributed by atoms with Crippen LogP contribution in [0.15, 0.2) is 59.0 Å². The van der Waals surface area contributed by atoms with Crippen LogP contribution in [-0.2, 0) is 4.79 Å². The Hall–Kier alpha value is -1.91. The van der Waals surface area contributed by atoms with Crippen molar-refractivity contribution in [2.24, 2.45) is 0 Å². The molecule has 3 rings (SSSR count). The Morgan fingerprint density at radius 1 is 0.962 bits per heavy atom. The maximum absolute atomic E-state index is 12.0. The number of carbonyl (C=O) groups is 1. The molecule has 1 amide bonds. The second-order valence-electron chi connectivity index (χ2n) is 5.28. The third-order valence-electron chi connectivity index (χ3n) is 3.37. The van der Waals surface area contributed by atoms with Gasteiger partial charge < -0.3 is 9.73 Å². The van der Waals surface area contributed by atoms with E-state index in [0.717, 1.165) is 0 Å². The number of anilines is 1. The molecule has 0 unspecified atom stereocenters. The summed E-state index contributed by atoms with van der Waals surface area (Å²) < 4.78 is 5.69. The second kappa shape index (κ2) is 8.19. The summed E-state index contributed by atoms with van der Waals surface area (Å²) in [5, 5.41) is 4.40. The van der Waals surface area contributed by atoms with E-state index in [-0.39, 0.29) is 5.91 Å². The first-order valence-corrected chi connectivity index (χ1v) is 8.93. The van der Waals surface area contributed by atoms with Gasteiger partial charge in [0, 0.05) is 27.4 Å². The van der Waals surface area contributed by atoms with Crippen LogP contribution in [0.3, 0.4) is 0 Å². The van der Waals surface area contributed by atoms with Gasteiger partial charge in [-0.15, -0.1) is 0 Å². The highest BCUT2D eigenvalue weighted by Crippen LogP contribution is 2.34. The SMILES string of the molecule is O=C(C=Cc1ccc(-c2cccc(Cl)c2Cl)o1)Nc1cc(Cl)cc(Cl)c1. The summed E-state index contributed by atoms with van der Waals surface area (Å²) in [6.45, 7) is 0. The van der Waals surface area contributed by atoms with Gasteiger partial charge in [-0.05, 0) is 48.5 Å². The van der Waals surface area contributed by atoms with Gasteiger partial charge in [0.25, 0.3) is 0 Å². The lowest BCUT2D eigenvalue weighted by atomic mass is 10.2. The third kappa shape index (κ3) is 4.63. The summed E-state index contributed by atoms with van der Waals surface area (Å²) in [6, 6.07) is 13.6. The first-order chi connectivity index (χ1) is 12.4. The molecule has 0 aliphatic rings. The molecule has 26 heavy (non-hydrogen) atoms. The van der Waals surface area contributed by atoms with Crippen molar-refractivity contribution in [3.05, 3.63) is 80.5 Å². The van der Waals surface area contributed by atoms with E-state index in [1.165, 1.54) is 6.08 Å². The number of nitrogens with one attached hydrogen (secondary N) is 1. The molecule has 0 bridgehead atoms. The smallest absolute Gasteiger partial charge is 0.248 e. The fourth-order valence-corrected chi connectivity index (χ4v) is 3.17. The van der Waals surface area contributed by atoms with Gasteiger partial charge in [-0.3, -0.25) is 4.79 Å². The standard InChI is InChI=1S/C19H11Cl4NO2/c20-11-8-12(21)10-13(9-11)24-18(25)7-5-14-4-6-17(26-14)15-2-1-3-16(22)19(15)23/h1-10H,(H,24,25). The van der Waals surface area contributed by atoms with E-state index < -0.39 is 0 Å². The summed E-state index contributed by atoms with van der Waals surface area (Å²) in [5.41, 5.74) is 1.18. The molecule has 0 saturated heterocycles. The van der Waals surface area contributed by atoms with Crippen LogP contribution in [0.2, 0.25) is 20.1 Å². The zero-order chi connectivity index (χ0) is 18.7. The van der Waals surface area contributed by atoms with E-state index in [1.807, 2.05) is 0 Å². The van der Waals surface area contributed by atoms with Gasteiger partial charge in [0.1, 0.15) is 11.5 Å². The molecule has 0 radical (unpaired) electrons. The number of carbonyl (C=O) groups excluding carboxylic acids is 1. The fourth-order valence-electron chi connectivity index (χ4n) is 2.25. The molecule has 3 aromatic rings. The largest absolute Gasteiger partial charge is 0.457 e. The first-order valence-electron chi connectivity index (χ1n) is 7.42. The molecular formula is C19H11Cl4NO2. The lowest BCUT2D eigenvalue weighted by Gasteiger charge is -2.03. The Balaban J connectivity index is 1.72. The van der Waals surface area contributed by atoms with Crippen LogP contribution in [0.4, 0.5) is 5.69 Å². The van der Waals surface area contributed by atoms with Crippen molar-refractivity contribution in [1.82, 2.24) is 0 Å². The van der Waals surface area contributed by atoms with Crippen molar-refractivity contribution in [3.8, 4) is 11.3 Å². The minimum absolute atomic E-state index is 0.345. The first kappa shape index (κ1) is 18.9. The average molecular weight is 427 g/mol. The maximum atomic E-state index is 12.0. The highest BCUT2D eigenvalue weighted by Gasteiger charge is 2.10. The highest BCUT2D eigenvalue weighted by atomic mass is 35.5. The van der Waals surface area contributed by atoms with Crippen molar-refractivity contribution >= 4 is 64.1 Å². The number of amides is 1. The summed E-state index contributed by atoms with van der Waals surface area (Å²) in [4.78, 5) is 12.0. The molecule has 2 aromatic carbocycles. The molecule has 0 saturated carbocycles. The molecular weight excluding hydrogens is 416 g/mol.